The maximum atomic E-state index is 6.47. The van der Waals surface area contributed by atoms with Crippen LogP contribution in [0.3, 0.4) is 0 Å². The van der Waals surface area contributed by atoms with Gasteiger partial charge in [0.25, 0.3) is 0 Å². The molecular formula is C28H26N2. The summed E-state index contributed by atoms with van der Waals surface area (Å²) in [4.78, 5) is 5.02. The lowest BCUT2D eigenvalue weighted by Crippen LogP contribution is -2.06. The van der Waals surface area contributed by atoms with Crippen LogP contribution in [0.1, 0.15) is 23.1 Å². The molecule has 0 unspecified atom stereocenters. The molecule has 1 aliphatic carbocycles. The van der Waals surface area contributed by atoms with Crippen LogP contribution in [-0.4, -0.2) is 5.71 Å². The number of nitrogens with zero attached hydrogens (tertiary/aromatic N) is 1. The largest absolute Gasteiger partial charge is 0.398 e. The van der Waals surface area contributed by atoms with Crippen molar-refractivity contribution in [3.63, 3.8) is 0 Å². The number of hydrogen-bond donors (Lipinski definition) is 1. The standard InChI is InChI=1S/C28H26N2/c1-21-17-18-22-11-9-10-16-25(22)26(21)20-30-28(24-14-7-4-8-15-24)19-27(29)23-12-5-2-3-6-13-23/h2,4-19H,3,20,29H2,1H3/b27-19-,30-28+. The first-order valence-corrected chi connectivity index (χ1v) is 10.3. The molecule has 2 nitrogen and oxygen atoms in total. The van der Waals surface area contributed by atoms with Gasteiger partial charge in [-0.1, -0.05) is 97.1 Å². The van der Waals surface area contributed by atoms with Crippen LogP contribution < -0.4 is 5.73 Å². The number of nitrogens with two attached hydrogens (primary N) is 1. The Morgan fingerprint density at radius 2 is 1.77 bits per heavy atom. The molecule has 1 aliphatic rings. The van der Waals surface area contributed by atoms with Gasteiger partial charge < -0.3 is 5.73 Å². The van der Waals surface area contributed by atoms with E-state index in [9.17, 15) is 0 Å². The maximum Gasteiger partial charge on any atom is 0.0671 e. The quantitative estimate of drug-likeness (QED) is 0.501. The molecule has 3 aromatic rings. The Morgan fingerprint density at radius 1 is 0.967 bits per heavy atom. The summed E-state index contributed by atoms with van der Waals surface area (Å²) < 4.78 is 0. The Kier molecular flexibility index (Phi) is 6.05. The molecule has 0 bridgehead atoms. The van der Waals surface area contributed by atoms with E-state index in [1.807, 2.05) is 30.4 Å². The molecule has 0 atom stereocenters. The number of hydrogen-bond acceptors (Lipinski definition) is 2. The average molecular weight is 391 g/mol. The van der Waals surface area contributed by atoms with Gasteiger partial charge in [0.05, 0.1) is 12.3 Å². The van der Waals surface area contributed by atoms with Crippen LogP contribution >= 0.6 is 0 Å². The monoisotopic (exact) mass is 390 g/mol. The van der Waals surface area contributed by atoms with Crippen molar-refractivity contribution in [3.05, 3.63) is 131 Å². The van der Waals surface area contributed by atoms with Crippen molar-refractivity contribution in [1.29, 1.82) is 0 Å². The van der Waals surface area contributed by atoms with Crippen molar-refractivity contribution < 1.29 is 0 Å². The molecule has 0 spiro atoms. The van der Waals surface area contributed by atoms with Crippen LogP contribution in [0.25, 0.3) is 10.8 Å². The van der Waals surface area contributed by atoms with Crippen molar-refractivity contribution in [2.75, 3.05) is 0 Å². The second kappa shape index (κ2) is 9.23. The van der Waals surface area contributed by atoms with Gasteiger partial charge >= 0.3 is 0 Å². The van der Waals surface area contributed by atoms with Gasteiger partial charge in [-0.3, -0.25) is 4.99 Å². The molecule has 0 aromatic heterocycles. The van der Waals surface area contributed by atoms with Crippen molar-refractivity contribution in [2.45, 2.75) is 19.9 Å². The molecule has 0 saturated carbocycles. The van der Waals surface area contributed by atoms with E-state index in [-0.39, 0.29) is 0 Å². The summed E-state index contributed by atoms with van der Waals surface area (Å²) in [6, 6.07) is 23.1. The minimum Gasteiger partial charge on any atom is -0.398 e. The highest BCUT2D eigenvalue weighted by atomic mass is 14.7. The Labute approximate surface area is 178 Å². The zero-order chi connectivity index (χ0) is 20.8. The number of rotatable bonds is 5. The average Bonchev–Trinajstić information content (AvgIpc) is 3.08. The molecule has 0 aliphatic heterocycles. The molecule has 4 rings (SSSR count). The Balaban J connectivity index is 1.75. The van der Waals surface area contributed by atoms with E-state index in [4.69, 9.17) is 10.7 Å². The lowest BCUT2D eigenvalue weighted by molar-refractivity contribution is 1.06. The Bertz CT molecular complexity index is 1190. The first-order chi connectivity index (χ1) is 14.7. The zero-order valence-electron chi connectivity index (χ0n) is 17.3. The normalized spacial score (nSPS) is 14.6. The third-order valence-electron chi connectivity index (χ3n) is 5.36. The third kappa shape index (κ3) is 4.49. The van der Waals surface area contributed by atoms with Gasteiger partial charge in [-0.15, -0.1) is 0 Å². The fraction of sp³-hybridized carbons (Fsp3) is 0.107. The second-order valence-corrected chi connectivity index (χ2v) is 7.44. The van der Waals surface area contributed by atoms with Gasteiger partial charge in [0.2, 0.25) is 0 Å². The number of aryl methyl sites for hydroxylation is 1. The highest BCUT2D eigenvalue weighted by molar-refractivity contribution is 6.09. The van der Waals surface area contributed by atoms with Crippen LogP contribution in [0, 0.1) is 6.92 Å². The predicted molar refractivity (Wildman–Crippen MR) is 129 cm³/mol. The topological polar surface area (TPSA) is 38.4 Å². The first-order valence-electron chi connectivity index (χ1n) is 10.3. The maximum absolute atomic E-state index is 6.47. The number of benzene rings is 3. The van der Waals surface area contributed by atoms with E-state index in [1.54, 1.807) is 0 Å². The van der Waals surface area contributed by atoms with Crippen molar-refractivity contribution in [3.8, 4) is 0 Å². The fourth-order valence-corrected chi connectivity index (χ4v) is 3.65. The van der Waals surface area contributed by atoms with Crippen molar-refractivity contribution in [2.24, 2.45) is 10.7 Å². The van der Waals surface area contributed by atoms with Crippen LogP contribution in [-0.2, 0) is 6.54 Å². The Hall–Kier alpha value is -3.65. The molecule has 30 heavy (non-hydrogen) atoms. The van der Waals surface area contributed by atoms with Gasteiger partial charge in [0.1, 0.15) is 0 Å². The summed E-state index contributed by atoms with van der Waals surface area (Å²) in [5.74, 6) is 0. The van der Waals surface area contributed by atoms with E-state index in [0.29, 0.717) is 6.54 Å². The number of aliphatic imine (C=N–C) groups is 1. The minimum absolute atomic E-state index is 0.607. The van der Waals surface area contributed by atoms with Crippen molar-refractivity contribution in [1.82, 2.24) is 0 Å². The second-order valence-electron chi connectivity index (χ2n) is 7.44. The van der Waals surface area contributed by atoms with Gasteiger partial charge in [-0.2, -0.15) is 0 Å². The summed E-state index contributed by atoms with van der Waals surface area (Å²) in [5, 5.41) is 2.50. The van der Waals surface area contributed by atoms with Crippen LogP contribution in [0.2, 0.25) is 0 Å². The van der Waals surface area contributed by atoms with Gasteiger partial charge in [0, 0.05) is 5.70 Å². The Morgan fingerprint density at radius 3 is 2.63 bits per heavy atom. The molecule has 0 radical (unpaired) electrons. The summed E-state index contributed by atoms with van der Waals surface area (Å²) >= 11 is 0. The van der Waals surface area contributed by atoms with Crippen LogP contribution in [0.5, 0.6) is 0 Å². The lowest BCUT2D eigenvalue weighted by atomic mass is 9.99. The smallest absolute Gasteiger partial charge is 0.0671 e. The number of allylic oxidation sites excluding steroid dienone is 6. The molecule has 148 valence electrons. The predicted octanol–water partition coefficient (Wildman–Crippen LogP) is 6.42. The van der Waals surface area contributed by atoms with Gasteiger partial charge in [-0.25, -0.2) is 0 Å². The van der Waals surface area contributed by atoms with Gasteiger partial charge in [0.15, 0.2) is 0 Å². The summed E-state index contributed by atoms with van der Waals surface area (Å²) in [6.07, 6.45) is 13.3. The number of fused-ring (bicyclic) bond motifs is 1. The summed E-state index contributed by atoms with van der Waals surface area (Å²) in [5.41, 5.74) is 12.7. The molecular weight excluding hydrogens is 364 g/mol. The SMILES string of the molecule is Cc1ccc2ccccc2c1C/N=C(\C=C(/N)C1=CC=CCC=C1)c1ccccc1. The minimum atomic E-state index is 0.607. The van der Waals surface area contributed by atoms with E-state index in [0.717, 1.165) is 29.0 Å². The van der Waals surface area contributed by atoms with E-state index in [2.05, 4.69) is 79.8 Å². The molecule has 0 saturated heterocycles. The molecule has 0 amide bonds. The highest BCUT2D eigenvalue weighted by Crippen LogP contribution is 2.23. The summed E-state index contributed by atoms with van der Waals surface area (Å²) in [6.45, 7) is 2.76. The lowest BCUT2D eigenvalue weighted by Gasteiger charge is -2.10. The fourth-order valence-electron chi connectivity index (χ4n) is 3.65. The third-order valence-corrected chi connectivity index (χ3v) is 5.36. The zero-order valence-corrected chi connectivity index (χ0v) is 17.3. The molecule has 2 heteroatoms. The van der Waals surface area contributed by atoms with Crippen LogP contribution in [0.15, 0.2) is 119 Å². The van der Waals surface area contributed by atoms with E-state index < -0.39 is 0 Å². The summed E-state index contributed by atoms with van der Waals surface area (Å²) in [7, 11) is 0. The van der Waals surface area contributed by atoms with E-state index in [1.165, 1.54) is 21.9 Å². The molecule has 0 heterocycles. The highest BCUT2D eigenvalue weighted by Gasteiger charge is 2.07. The van der Waals surface area contributed by atoms with Gasteiger partial charge in [-0.05, 0) is 52.5 Å². The molecule has 0 fully saturated rings. The molecule has 3 aromatic carbocycles. The molecule has 2 N–H and O–H groups in total. The van der Waals surface area contributed by atoms with Crippen molar-refractivity contribution >= 4 is 16.5 Å². The van der Waals surface area contributed by atoms with Crippen LogP contribution in [0.4, 0.5) is 0 Å². The van der Waals surface area contributed by atoms with E-state index >= 15 is 0 Å². The first kappa shape index (κ1) is 19.7.